The first kappa shape index (κ1) is 17.7. The van der Waals surface area contributed by atoms with Crippen molar-refractivity contribution in [2.45, 2.75) is 24.3 Å². The second-order valence-corrected chi connectivity index (χ2v) is 10.0. The van der Waals surface area contributed by atoms with E-state index < -0.39 is 19.9 Å². The minimum absolute atomic E-state index is 0.0937. The molecule has 1 aliphatic rings. The molecular formula is C16H19N3O4S2. The molecule has 0 saturated carbocycles. The molecule has 1 fully saturated rings. The van der Waals surface area contributed by atoms with Crippen molar-refractivity contribution >= 4 is 31.4 Å². The Hall–Kier alpha value is -2.13. The molecule has 25 heavy (non-hydrogen) atoms. The SMILES string of the molecule is Cc1cccc(S(=O)(=O)Nc2ccc(NC3CCS(=O)(=O)C3)nc2)c1. The van der Waals surface area contributed by atoms with Crippen molar-refractivity contribution in [2.24, 2.45) is 0 Å². The van der Waals surface area contributed by atoms with Gasteiger partial charge in [-0.05, 0) is 43.2 Å². The van der Waals surface area contributed by atoms with Crippen molar-refractivity contribution in [1.82, 2.24) is 4.98 Å². The number of benzene rings is 1. The lowest BCUT2D eigenvalue weighted by atomic mass is 10.2. The molecule has 1 aliphatic heterocycles. The molecule has 1 aromatic carbocycles. The molecular weight excluding hydrogens is 362 g/mol. The number of aromatic nitrogens is 1. The number of sulfonamides is 1. The topological polar surface area (TPSA) is 105 Å². The average Bonchev–Trinajstić information content (AvgIpc) is 2.88. The predicted molar refractivity (Wildman–Crippen MR) is 96.9 cm³/mol. The van der Waals surface area contributed by atoms with Gasteiger partial charge >= 0.3 is 0 Å². The van der Waals surface area contributed by atoms with Crippen molar-refractivity contribution in [3.05, 3.63) is 48.2 Å². The van der Waals surface area contributed by atoms with Crippen LogP contribution in [0.4, 0.5) is 11.5 Å². The zero-order valence-electron chi connectivity index (χ0n) is 13.6. The number of hydrogen-bond acceptors (Lipinski definition) is 6. The highest BCUT2D eigenvalue weighted by Crippen LogP contribution is 2.19. The Morgan fingerprint density at radius 2 is 2.00 bits per heavy atom. The third-order valence-corrected chi connectivity index (χ3v) is 7.05. The van der Waals surface area contributed by atoms with Gasteiger partial charge in [-0.3, -0.25) is 4.72 Å². The van der Waals surface area contributed by atoms with Crippen molar-refractivity contribution in [1.29, 1.82) is 0 Å². The standard InChI is InChI=1S/C16H19N3O4S2/c1-12-3-2-4-15(9-12)25(22,23)19-13-5-6-16(17-10-13)18-14-7-8-24(20,21)11-14/h2-6,9-10,14,19H,7-8,11H2,1H3,(H,17,18). The third kappa shape index (κ3) is 4.49. The summed E-state index contributed by atoms with van der Waals surface area (Å²) in [5.74, 6) is 0.788. The molecule has 0 aliphatic carbocycles. The van der Waals surface area contributed by atoms with Crippen molar-refractivity contribution in [3.8, 4) is 0 Å². The smallest absolute Gasteiger partial charge is 0.261 e. The van der Waals surface area contributed by atoms with E-state index in [9.17, 15) is 16.8 Å². The van der Waals surface area contributed by atoms with E-state index in [1.54, 1.807) is 24.3 Å². The maximum absolute atomic E-state index is 12.4. The average molecular weight is 381 g/mol. The highest BCUT2D eigenvalue weighted by Gasteiger charge is 2.27. The predicted octanol–water partition coefficient (Wildman–Crippen LogP) is 1.79. The molecule has 1 atom stereocenters. The molecule has 1 aromatic heterocycles. The largest absolute Gasteiger partial charge is 0.366 e. The molecule has 1 unspecified atom stereocenters. The summed E-state index contributed by atoms with van der Waals surface area (Å²) < 4.78 is 50.1. The quantitative estimate of drug-likeness (QED) is 0.818. The van der Waals surface area contributed by atoms with E-state index in [2.05, 4.69) is 15.0 Å². The monoisotopic (exact) mass is 381 g/mol. The lowest BCUT2D eigenvalue weighted by molar-refractivity contribution is 0.599. The minimum atomic E-state index is -3.68. The minimum Gasteiger partial charge on any atom is -0.366 e. The first-order valence-corrected chi connectivity index (χ1v) is 11.1. The zero-order chi connectivity index (χ0) is 18.1. The maximum Gasteiger partial charge on any atom is 0.261 e. The van der Waals surface area contributed by atoms with Gasteiger partial charge in [-0.1, -0.05) is 12.1 Å². The van der Waals surface area contributed by atoms with Gasteiger partial charge < -0.3 is 5.32 Å². The van der Waals surface area contributed by atoms with Crippen LogP contribution in [0.3, 0.4) is 0 Å². The van der Waals surface area contributed by atoms with E-state index in [4.69, 9.17) is 0 Å². The van der Waals surface area contributed by atoms with E-state index in [1.807, 2.05) is 13.0 Å². The van der Waals surface area contributed by atoms with E-state index >= 15 is 0 Å². The van der Waals surface area contributed by atoms with Crippen LogP contribution in [0.1, 0.15) is 12.0 Å². The molecule has 134 valence electrons. The second-order valence-electron chi connectivity index (χ2n) is 6.10. The van der Waals surface area contributed by atoms with Gasteiger partial charge in [0, 0.05) is 6.04 Å². The highest BCUT2D eigenvalue weighted by molar-refractivity contribution is 7.92. The highest BCUT2D eigenvalue weighted by atomic mass is 32.2. The number of aryl methyl sites for hydroxylation is 1. The zero-order valence-corrected chi connectivity index (χ0v) is 15.3. The van der Waals surface area contributed by atoms with Gasteiger partial charge in [0.25, 0.3) is 10.0 Å². The fraction of sp³-hybridized carbons (Fsp3) is 0.312. The van der Waals surface area contributed by atoms with Gasteiger partial charge in [0.15, 0.2) is 9.84 Å². The number of hydrogen-bond donors (Lipinski definition) is 2. The normalized spacial score (nSPS) is 19.5. The van der Waals surface area contributed by atoms with E-state index in [0.717, 1.165) is 5.56 Å². The lowest BCUT2D eigenvalue weighted by Crippen LogP contribution is -2.21. The fourth-order valence-electron chi connectivity index (χ4n) is 2.65. The van der Waals surface area contributed by atoms with Crippen LogP contribution in [0.2, 0.25) is 0 Å². The van der Waals surface area contributed by atoms with Gasteiger partial charge in [-0.2, -0.15) is 0 Å². The van der Waals surface area contributed by atoms with Crippen LogP contribution in [0.5, 0.6) is 0 Å². The molecule has 9 heteroatoms. The van der Waals surface area contributed by atoms with Crippen LogP contribution in [0.15, 0.2) is 47.5 Å². The van der Waals surface area contributed by atoms with Crippen LogP contribution >= 0.6 is 0 Å². The Labute approximate surface area is 147 Å². The Bertz CT molecular complexity index is 971. The number of nitrogens with zero attached hydrogens (tertiary/aromatic N) is 1. The molecule has 2 aromatic rings. The van der Waals surface area contributed by atoms with Crippen LogP contribution in [0.25, 0.3) is 0 Å². The lowest BCUT2D eigenvalue weighted by Gasteiger charge is -2.12. The van der Waals surface area contributed by atoms with Crippen LogP contribution in [-0.4, -0.2) is 39.4 Å². The number of nitrogens with one attached hydrogen (secondary N) is 2. The summed E-state index contributed by atoms with van der Waals surface area (Å²) >= 11 is 0. The Morgan fingerprint density at radius 1 is 1.20 bits per heavy atom. The Morgan fingerprint density at radius 3 is 2.60 bits per heavy atom. The van der Waals surface area contributed by atoms with E-state index in [1.165, 1.54) is 12.3 Å². The van der Waals surface area contributed by atoms with Crippen molar-refractivity contribution in [3.63, 3.8) is 0 Å². The van der Waals surface area contributed by atoms with Crippen molar-refractivity contribution < 1.29 is 16.8 Å². The summed E-state index contributed by atoms with van der Waals surface area (Å²) in [5.41, 5.74) is 1.19. The van der Waals surface area contributed by atoms with Gasteiger partial charge in [-0.15, -0.1) is 0 Å². The number of sulfone groups is 1. The molecule has 1 saturated heterocycles. The number of pyridine rings is 1. The Balaban J connectivity index is 1.68. The van der Waals surface area contributed by atoms with Gasteiger partial charge in [0.2, 0.25) is 0 Å². The van der Waals surface area contributed by atoms with Gasteiger partial charge in [0.05, 0.1) is 28.3 Å². The first-order valence-electron chi connectivity index (χ1n) is 7.76. The van der Waals surface area contributed by atoms with Crippen molar-refractivity contribution in [2.75, 3.05) is 21.5 Å². The molecule has 2 N–H and O–H groups in total. The molecule has 0 amide bonds. The summed E-state index contributed by atoms with van der Waals surface area (Å²) in [4.78, 5) is 4.34. The summed E-state index contributed by atoms with van der Waals surface area (Å²) in [6, 6.07) is 9.68. The molecule has 2 heterocycles. The first-order chi connectivity index (χ1) is 11.7. The van der Waals surface area contributed by atoms with E-state index in [0.29, 0.717) is 17.9 Å². The van der Waals surface area contributed by atoms with Gasteiger partial charge in [0.1, 0.15) is 5.82 Å². The molecule has 7 nitrogen and oxygen atoms in total. The van der Waals surface area contributed by atoms with E-state index in [-0.39, 0.29) is 22.4 Å². The van der Waals surface area contributed by atoms with Gasteiger partial charge in [-0.25, -0.2) is 21.8 Å². The summed E-state index contributed by atoms with van der Waals surface area (Å²) in [7, 11) is -6.64. The maximum atomic E-state index is 12.4. The molecule has 3 rings (SSSR count). The Kier molecular flexibility index (Phi) is 4.70. The molecule has 0 bridgehead atoms. The molecule has 0 spiro atoms. The molecule has 0 radical (unpaired) electrons. The number of anilines is 2. The van der Waals surface area contributed by atoms with Crippen LogP contribution < -0.4 is 10.0 Å². The number of rotatable bonds is 5. The summed E-state index contributed by atoms with van der Waals surface area (Å²) in [6.07, 6.45) is 1.95. The second kappa shape index (κ2) is 6.64. The van der Waals surface area contributed by atoms with Crippen LogP contribution in [-0.2, 0) is 19.9 Å². The third-order valence-electron chi connectivity index (χ3n) is 3.90. The summed E-state index contributed by atoms with van der Waals surface area (Å²) in [5, 5.41) is 3.06. The van der Waals surface area contributed by atoms with Crippen LogP contribution in [0, 0.1) is 6.92 Å². The fourth-order valence-corrected chi connectivity index (χ4v) is 5.48. The summed E-state index contributed by atoms with van der Waals surface area (Å²) in [6.45, 7) is 1.82.